The van der Waals surface area contributed by atoms with E-state index in [2.05, 4.69) is 5.32 Å². The number of methoxy groups -OCH3 is 3. The fourth-order valence-corrected chi connectivity index (χ4v) is 4.68. The predicted octanol–water partition coefficient (Wildman–Crippen LogP) is 3.27. The lowest BCUT2D eigenvalue weighted by Crippen LogP contribution is -2.43. The van der Waals surface area contributed by atoms with E-state index in [1.807, 2.05) is 6.92 Å². The molecule has 0 saturated heterocycles. The van der Waals surface area contributed by atoms with Gasteiger partial charge < -0.3 is 24.3 Å². The van der Waals surface area contributed by atoms with E-state index in [-0.39, 0.29) is 17.8 Å². The van der Waals surface area contributed by atoms with Crippen LogP contribution in [0.2, 0.25) is 0 Å². The lowest BCUT2D eigenvalue weighted by Gasteiger charge is -2.38. The van der Waals surface area contributed by atoms with Crippen molar-refractivity contribution >= 4 is 17.7 Å². The van der Waals surface area contributed by atoms with Crippen molar-refractivity contribution < 1.29 is 33.3 Å². The second-order valence-electron chi connectivity index (χ2n) is 8.57. The van der Waals surface area contributed by atoms with Crippen molar-refractivity contribution in [2.24, 2.45) is 11.8 Å². The lowest BCUT2D eigenvalue weighted by molar-refractivity contribution is -0.151. The molecule has 8 nitrogen and oxygen atoms in total. The molecular weight excluding hydrogens is 426 g/mol. The Hall–Kier alpha value is -3.29. The summed E-state index contributed by atoms with van der Waals surface area (Å²) in [6, 6.07) is 5.30. The van der Waals surface area contributed by atoms with Crippen LogP contribution in [0.4, 0.5) is 0 Å². The molecule has 33 heavy (non-hydrogen) atoms. The molecule has 0 fully saturated rings. The van der Waals surface area contributed by atoms with E-state index < -0.39 is 23.8 Å². The zero-order chi connectivity index (χ0) is 24.4. The quantitative estimate of drug-likeness (QED) is 0.513. The molecule has 1 aliphatic carbocycles. The Bertz CT molecular complexity index is 1040. The van der Waals surface area contributed by atoms with Gasteiger partial charge in [0.05, 0.1) is 38.9 Å². The second-order valence-corrected chi connectivity index (χ2v) is 8.57. The molecule has 178 valence electrons. The summed E-state index contributed by atoms with van der Waals surface area (Å²) in [5.41, 5.74) is 2.48. The van der Waals surface area contributed by atoms with Gasteiger partial charge in [0.1, 0.15) is 5.92 Å². The summed E-state index contributed by atoms with van der Waals surface area (Å²) in [4.78, 5) is 39.5. The number of hydrogen-bond donors (Lipinski definition) is 1. The Labute approximate surface area is 193 Å². The third kappa shape index (κ3) is 4.34. The van der Waals surface area contributed by atoms with Crippen molar-refractivity contribution in [3.05, 3.63) is 46.3 Å². The molecule has 3 rings (SSSR count). The third-order valence-corrected chi connectivity index (χ3v) is 6.05. The number of hydrogen-bond acceptors (Lipinski definition) is 8. The molecule has 1 aliphatic heterocycles. The van der Waals surface area contributed by atoms with Crippen LogP contribution in [0.5, 0.6) is 11.5 Å². The van der Waals surface area contributed by atoms with Gasteiger partial charge in [0.25, 0.3) is 0 Å². The second kappa shape index (κ2) is 9.68. The number of allylic oxidation sites excluding steroid dienone is 3. The van der Waals surface area contributed by atoms with Crippen LogP contribution in [-0.2, 0) is 23.9 Å². The summed E-state index contributed by atoms with van der Waals surface area (Å²) in [7, 11) is 4.29. The first-order valence-electron chi connectivity index (χ1n) is 10.9. The van der Waals surface area contributed by atoms with Crippen molar-refractivity contribution in [3.63, 3.8) is 0 Å². The Morgan fingerprint density at radius 2 is 1.82 bits per heavy atom. The van der Waals surface area contributed by atoms with Crippen LogP contribution in [0.3, 0.4) is 0 Å². The number of esters is 2. The monoisotopic (exact) mass is 457 g/mol. The van der Waals surface area contributed by atoms with Crippen molar-refractivity contribution in [2.75, 3.05) is 21.3 Å². The number of benzene rings is 1. The highest BCUT2D eigenvalue weighted by Crippen LogP contribution is 2.49. The molecule has 1 N–H and O–H groups in total. The van der Waals surface area contributed by atoms with Gasteiger partial charge in [-0.1, -0.05) is 19.1 Å². The van der Waals surface area contributed by atoms with Gasteiger partial charge in [0.2, 0.25) is 0 Å². The van der Waals surface area contributed by atoms with E-state index in [4.69, 9.17) is 18.9 Å². The SMILES string of the molecule is COC(=O)[C@H]1C(=O)C2=C(C[C@H]1C)NC(C)=C(C(=O)OC(C)C)[C@H]2c1cccc(OC)c1OC. The van der Waals surface area contributed by atoms with Gasteiger partial charge in [-0.3, -0.25) is 9.59 Å². The van der Waals surface area contributed by atoms with Gasteiger partial charge in [-0.15, -0.1) is 0 Å². The molecular formula is C25H31NO7. The normalized spacial score (nSPS) is 22.5. The molecule has 1 aromatic carbocycles. The maximum atomic E-state index is 13.8. The zero-order valence-electron chi connectivity index (χ0n) is 20.1. The summed E-state index contributed by atoms with van der Waals surface area (Å²) >= 11 is 0. The first-order valence-corrected chi connectivity index (χ1v) is 10.9. The van der Waals surface area contributed by atoms with Crippen molar-refractivity contribution in [3.8, 4) is 11.5 Å². The molecule has 1 heterocycles. The number of Topliss-reactive ketones (excluding diaryl/α,β-unsaturated/α-hetero) is 1. The maximum absolute atomic E-state index is 13.8. The van der Waals surface area contributed by atoms with Crippen LogP contribution in [0.25, 0.3) is 0 Å². The smallest absolute Gasteiger partial charge is 0.337 e. The fourth-order valence-electron chi connectivity index (χ4n) is 4.68. The van der Waals surface area contributed by atoms with Gasteiger partial charge in [0, 0.05) is 22.5 Å². The number of dihydropyridines is 1. The number of carbonyl (C=O) groups is 3. The van der Waals surface area contributed by atoms with Gasteiger partial charge in [-0.25, -0.2) is 4.79 Å². The molecule has 2 aliphatic rings. The highest BCUT2D eigenvalue weighted by molar-refractivity contribution is 6.12. The van der Waals surface area contributed by atoms with E-state index in [9.17, 15) is 14.4 Å². The van der Waals surface area contributed by atoms with Crippen molar-refractivity contribution in [1.82, 2.24) is 5.32 Å². The molecule has 0 radical (unpaired) electrons. The maximum Gasteiger partial charge on any atom is 0.337 e. The van der Waals surface area contributed by atoms with Crippen LogP contribution in [0, 0.1) is 11.8 Å². The Morgan fingerprint density at radius 1 is 1.12 bits per heavy atom. The van der Waals surface area contributed by atoms with Gasteiger partial charge >= 0.3 is 11.9 Å². The van der Waals surface area contributed by atoms with E-state index in [1.165, 1.54) is 21.3 Å². The molecule has 1 aromatic rings. The number of ketones is 1. The summed E-state index contributed by atoms with van der Waals surface area (Å²) in [5.74, 6) is -2.67. The summed E-state index contributed by atoms with van der Waals surface area (Å²) in [5, 5.41) is 3.24. The van der Waals surface area contributed by atoms with Gasteiger partial charge in [-0.2, -0.15) is 0 Å². The molecule has 0 aromatic heterocycles. The lowest BCUT2D eigenvalue weighted by atomic mass is 9.69. The number of carbonyl (C=O) groups excluding carboxylic acids is 3. The molecule has 0 amide bonds. The fraction of sp³-hybridized carbons (Fsp3) is 0.480. The highest BCUT2D eigenvalue weighted by Gasteiger charge is 2.48. The minimum absolute atomic E-state index is 0.263. The Kier molecular flexibility index (Phi) is 7.15. The molecule has 3 atom stereocenters. The van der Waals surface area contributed by atoms with E-state index >= 15 is 0 Å². The number of para-hydroxylation sites is 1. The van der Waals surface area contributed by atoms with E-state index in [1.54, 1.807) is 39.0 Å². The van der Waals surface area contributed by atoms with Gasteiger partial charge in [0.15, 0.2) is 17.3 Å². The number of ether oxygens (including phenoxy) is 4. The topological polar surface area (TPSA) is 100 Å². The van der Waals surface area contributed by atoms with Crippen LogP contribution in [0.15, 0.2) is 40.7 Å². The first kappa shape index (κ1) is 24.4. The van der Waals surface area contributed by atoms with Crippen LogP contribution < -0.4 is 14.8 Å². The molecule has 8 heteroatoms. The van der Waals surface area contributed by atoms with E-state index in [0.717, 1.165) is 0 Å². The highest BCUT2D eigenvalue weighted by atomic mass is 16.5. The van der Waals surface area contributed by atoms with Crippen LogP contribution in [-0.4, -0.2) is 45.2 Å². The van der Waals surface area contributed by atoms with E-state index in [0.29, 0.717) is 46.0 Å². The standard InChI is InChI=1S/C25H31NO7/c1-12(2)33-25(29)19-14(4)26-16-11-13(3)18(24(28)32-7)22(27)21(16)20(19)15-9-8-10-17(30-5)23(15)31-6/h8-10,12-13,18,20,26H,11H2,1-7H3/t13-,18-,20-/m1/s1. The Morgan fingerprint density at radius 3 is 2.39 bits per heavy atom. The number of nitrogens with one attached hydrogen (secondary N) is 1. The molecule has 0 unspecified atom stereocenters. The van der Waals surface area contributed by atoms with Crippen LogP contribution in [0.1, 0.15) is 45.6 Å². The average molecular weight is 458 g/mol. The first-order chi connectivity index (χ1) is 15.7. The summed E-state index contributed by atoms with van der Waals surface area (Å²) in [6.45, 7) is 7.14. The summed E-state index contributed by atoms with van der Waals surface area (Å²) < 4.78 is 21.6. The van der Waals surface area contributed by atoms with Gasteiger partial charge in [-0.05, 0) is 39.2 Å². The molecule has 0 bridgehead atoms. The minimum Gasteiger partial charge on any atom is -0.493 e. The molecule has 0 spiro atoms. The molecule has 0 saturated carbocycles. The largest absolute Gasteiger partial charge is 0.493 e. The Balaban J connectivity index is 2.28. The zero-order valence-corrected chi connectivity index (χ0v) is 20.1. The minimum atomic E-state index is -0.963. The van der Waals surface area contributed by atoms with Crippen molar-refractivity contribution in [1.29, 1.82) is 0 Å². The van der Waals surface area contributed by atoms with Crippen LogP contribution >= 0.6 is 0 Å². The third-order valence-electron chi connectivity index (χ3n) is 6.05. The van der Waals surface area contributed by atoms with Crippen molar-refractivity contribution in [2.45, 2.75) is 46.1 Å². The summed E-state index contributed by atoms with van der Waals surface area (Å²) in [6.07, 6.45) is 0.0962. The average Bonchev–Trinajstić information content (AvgIpc) is 2.76. The predicted molar refractivity (Wildman–Crippen MR) is 121 cm³/mol. The number of rotatable bonds is 6.